The molecular formula is C17H19BrClNO2. The summed E-state index contributed by atoms with van der Waals surface area (Å²) < 4.78 is 12.1. The molecule has 0 saturated carbocycles. The first kappa shape index (κ1) is 17.1. The van der Waals surface area contributed by atoms with Crippen molar-refractivity contribution in [3.8, 4) is 11.5 Å². The van der Waals surface area contributed by atoms with Gasteiger partial charge >= 0.3 is 0 Å². The molecule has 0 atom stereocenters. The van der Waals surface area contributed by atoms with Crippen LogP contribution in [-0.4, -0.2) is 13.7 Å². The number of benzene rings is 2. The Morgan fingerprint density at radius 2 is 1.91 bits per heavy atom. The number of hydrogen-bond acceptors (Lipinski definition) is 3. The predicted molar refractivity (Wildman–Crippen MR) is 93.9 cm³/mol. The number of methoxy groups -OCH3 is 1. The zero-order chi connectivity index (χ0) is 15.9. The maximum absolute atomic E-state index is 5.94. The zero-order valence-electron chi connectivity index (χ0n) is 12.4. The van der Waals surface area contributed by atoms with E-state index in [4.69, 9.17) is 26.8 Å². The fourth-order valence-electron chi connectivity index (χ4n) is 2.15. The average Bonchev–Trinajstić information content (AvgIpc) is 2.52. The van der Waals surface area contributed by atoms with Crippen molar-refractivity contribution in [3.63, 3.8) is 0 Å². The highest BCUT2D eigenvalue weighted by atomic mass is 79.9. The molecule has 0 fully saturated rings. The van der Waals surface area contributed by atoms with Gasteiger partial charge in [-0.15, -0.1) is 0 Å². The Balaban J connectivity index is 2.13. The van der Waals surface area contributed by atoms with Crippen molar-refractivity contribution in [2.75, 3.05) is 13.7 Å². The van der Waals surface area contributed by atoms with Crippen LogP contribution in [0.3, 0.4) is 0 Å². The molecule has 2 aromatic carbocycles. The van der Waals surface area contributed by atoms with Crippen LogP contribution in [0.5, 0.6) is 11.5 Å². The smallest absolute Gasteiger partial charge is 0.134 e. The second kappa shape index (κ2) is 8.42. The van der Waals surface area contributed by atoms with E-state index in [0.29, 0.717) is 18.2 Å². The van der Waals surface area contributed by atoms with Gasteiger partial charge in [0.05, 0.1) is 11.6 Å². The molecule has 0 radical (unpaired) electrons. The molecule has 0 aliphatic rings. The third-order valence-electron chi connectivity index (χ3n) is 3.29. The maximum atomic E-state index is 5.94. The molecule has 0 spiro atoms. The van der Waals surface area contributed by atoms with E-state index in [-0.39, 0.29) is 0 Å². The summed E-state index contributed by atoms with van der Waals surface area (Å²) >= 11 is 9.39. The average molecular weight is 385 g/mol. The highest BCUT2D eigenvalue weighted by Gasteiger charge is 2.08. The first-order valence-electron chi connectivity index (χ1n) is 7.07. The van der Waals surface area contributed by atoms with Gasteiger partial charge in [-0.3, -0.25) is 0 Å². The number of nitrogens with two attached hydrogens (primary N) is 1. The van der Waals surface area contributed by atoms with Crippen LogP contribution in [0.15, 0.2) is 40.9 Å². The van der Waals surface area contributed by atoms with E-state index in [1.54, 1.807) is 13.2 Å². The first-order chi connectivity index (χ1) is 10.6. The van der Waals surface area contributed by atoms with Crippen LogP contribution in [0.2, 0.25) is 5.02 Å². The lowest BCUT2D eigenvalue weighted by Gasteiger charge is -2.13. The van der Waals surface area contributed by atoms with E-state index in [1.165, 1.54) is 5.56 Å². The Morgan fingerprint density at radius 3 is 2.59 bits per heavy atom. The zero-order valence-corrected chi connectivity index (χ0v) is 14.8. The summed E-state index contributed by atoms with van der Waals surface area (Å²) in [5.41, 5.74) is 7.82. The molecule has 0 aromatic heterocycles. The van der Waals surface area contributed by atoms with Crippen molar-refractivity contribution in [2.24, 2.45) is 5.73 Å². The van der Waals surface area contributed by atoms with Gasteiger partial charge in [-0.2, -0.15) is 0 Å². The van der Waals surface area contributed by atoms with E-state index in [2.05, 4.69) is 28.1 Å². The van der Waals surface area contributed by atoms with Gasteiger partial charge in [0, 0.05) is 10.6 Å². The van der Waals surface area contributed by atoms with E-state index < -0.39 is 0 Å². The number of rotatable bonds is 7. The molecule has 5 heteroatoms. The number of ether oxygens (including phenoxy) is 2. The third kappa shape index (κ3) is 4.63. The Hall–Kier alpha value is -1.23. The van der Waals surface area contributed by atoms with E-state index >= 15 is 0 Å². The molecular weight excluding hydrogens is 366 g/mol. The molecule has 118 valence electrons. The molecule has 2 rings (SSSR count). The van der Waals surface area contributed by atoms with Crippen molar-refractivity contribution in [3.05, 3.63) is 57.0 Å². The fourth-order valence-corrected chi connectivity index (χ4v) is 2.95. The normalized spacial score (nSPS) is 10.5. The second-order valence-electron chi connectivity index (χ2n) is 4.90. The molecule has 0 amide bonds. The lowest BCUT2D eigenvalue weighted by molar-refractivity contribution is 0.295. The van der Waals surface area contributed by atoms with Crippen molar-refractivity contribution in [2.45, 2.75) is 19.4 Å². The molecule has 0 bridgehead atoms. The van der Waals surface area contributed by atoms with Gasteiger partial charge in [-0.05, 0) is 71.2 Å². The van der Waals surface area contributed by atoms with Crippen LogP contribution in [0.25, 0.3) is 0 Å². The summed E-state index contributed by atoms with van der Waals surface area (Å²) in [5.74, 6) is 1.57. The van der Waals surface area contributed by atoms with Crippen LogP contribution in [-0.2, 0) is 13.0 Å². The third-order valence-corrected chi connectivity index (χ3v) is 4.15. The van der Waals surface area contributed by atoms with Crippen LogP contribution >= 0.6 is 27.5 Å². The van der Waals surface area contributed by atoms with Gasteiger partial charge in [0.15, 0.2) is 0 Å². The van der Waals surface area contributed by atoms with E-state index in [1.807, 2.05) is 18.2 Å². The van der Waals surface area contributed by atoms with Gasteiger partial charge in [0.2, 0.25) is 0 Å². The van der Waals surface area contributed by atoms with Crippen molar-refractivity contribution in [1.82, 2.24) is 0 Å². The van der Waals surface area contributed by atoms with Crippen molar-refractivity contribution >= 4 is 27.5 Å². The second-order valence-corrected chi connectivity index (χ2v) is 6.19. The predicted octanol–water partition coefficient (Wildman–Crippen LogP) is 4.58. The van der Waals surface area contributed by atoms with Crippen molar-refractivity contribution in [1.29, 1.82) is 0 Å². The number of hydrogen-bond donors (Lipinski definition) is 1. The Morgan fingerprint density at radius 1 is 1.14 bits per heavy atom. The van der Waals surface area contributed by atoms with Gasteiger partial charge in [-0.25, -0.2) is 0 Å². The topological polar surface area (TPSA) is 44.5 Å². The van der Waals surface area contributed by atoms with E-state index in [0.717, 1.165) is 34.4 Å². The summed E-state index contributed by atoms with van der Waals surface area (Å²) in [6.07, 6.45) is 1.92. The minimum Gasteiger partial charge on any atom is -0.496 e. The summed E-state index contributed by atoms with van der Waals surface area (Å²) in [7, 11) is 1.66. The highest BCUT2D eigenvalue weighted by molar-refractivity contribution is 9.10. The lowest BCUT2D eigenvalue weighted by Crippen LogP contribution is -2.03. The molecule has 0 saturated heterocycles. The largest absolute Gasteiger partial charge is 0.496 e. The van der Waals surface area contributed by atoms with Crippen LogP contribution < -0.4 is 15.2 Å². The summed E-state index contributed by atoms with van der Waals surface area (Å²) in [6, 6.07) is 11.6. The lowest BCUT2D eigenvalue weighted by atomic mass is 10.1. The minimum absolute atomic E-state index is 0.430. The molecule has 0 aliphatic heterocycles. The fraction of sp³-hybridized carbons (Fsp3) is 0.294. The molecule has 2 N–H and O–H groups in total. The molecule has 0 aliphatic carbocycles. The standard InChI is InChI=1S/C17H19BrClNO2/c1-21-16-6-4-12(3-2-8-20)9-13(16)11-22-17-7-5-14(19)10-15(17)18/h4-7,9-10H,2-3,8,11,20H2,1H3. The van der Waals surface area contributed by atoms with Gasteiger partial charge in [0.1, 0.15) is 18.1 Å². The highest BCUT2D eigenvalue weighted by Crippen LogP contribution is 2.30. The molecule has 0 unspecified atom stereocenters. The minimum atomic E-state index is 0.430. The molecule has 0 heterocycles. The Labute approximate surface area is 144 Å². The Kier molecular flexibility index (Phi) is 6.55. The molecule has 22 heavy (non-hydrogen) atoms. The van der Waals surface area contributed by atoms with Gasteiger partial charge < -0.3 is 15.2 Å². The van der Waals surface area contributed by atoms with Crippen LogP contribution in [0.4, 0.5) is 0 Å². The monoisotopic (exact) mass is 383 g/mol. The summed E-state index contributed by atoms with van der Waals surface area (Å²) in [5, 5.41) is 0.667. The van der Waals surface area contributed by atoms with Gasteiger partial charge in [0.25, 0.3) is 0 Å². The van der Waals surface area contributed by atoms with Crippen LogP contribution in [0.1, 0.15) is 17.5 Å². The van der Waals surface area contributed by atoms with Crippen molar-refractivity contribution < 1.29 is 9.47 Å². The van der Waals surface area contributed by atoms with Crippen LogP contribution in [0, 0.1) is 0 Å². The summed E-state index contributed by atoms with van der Waals surface area (Å²) in [6.45, 7) is 1.12. The SMILES string of the molecule is COc1ccc(CCCN)cc1COc1ccc(Cl)cc1Br. The summed E-state index contributed by atoms with van der Waals surface area (Å²) in [4.78, 5) is 0. The number of halogens is 2. The molecule has 2 aromatic rings. The maximum Gasteiger partial charge on any atom is 0.134 e. The van der Waals surface area contributed by atoms with Gasteiger partial charge in [-0.1, -0.05) is 17.7 Å². The van der Waals surface area contributed by atoms with E-state index in [9.17, 15) is 0 Å². The Bertz CT molecular complexity index is 634. The number of aryl methyl sites for hydroxylation is 1. The molecule has 3 nitrogen and oxygen atoms in total. The quantitative estimate of drug-likeness (QED) is 0.760. The first-order valence-corrected chi connectivity index (χ1v) is 8.25.